The minimum atomic E-state index is 0.528. The van der Waals surface area contributed by atoms with E-state index < -0.39 is 0 Å². The van der Waals surface area contributed by atoms with Gasteiger partial charge in [0.1, 0.15) is 0 Å². The number of hydrogen-bond donors (Lipinski definition) is 1. The molecule has 48 valence electrons. The predicted octanol–water partition coefficient (Wildman–Crippen LogP) is 1.52. The molecule has 0 radical (unpaired) electrons. The third kappa shape index (κ3) is 1.22. The van der Waals surface area contributed by atoms with E-state index in [4.69, 9.17) is 5.73 Å². The van der Waals surface area contributed by atoms with Crippen LogP contribution in [0.1, 0.15) is 32.6 Å². The van der Waals surface area contributed by atoms with Gasteiger partial charge in [-0.25, -0.2) is 0 Å². The van der Waals surface area contributed by atoms with Crippen LogP contribution in [0.25, 0.3) is 0 Å². The molecule has 2 N–H and O–H groups in total. The highest BCUT2D eigenvalue weighted by atomic mass is 14.6. The van der Waals surface area contributed by atoms with E-state index in [1.807, 2.05) is 0 Å². The van der Waals surface area contributed by atoms with Crippen LogP contribution in [-0.4, -0.2) is 6.04 Å². The quantitative estimate of drug-likeness (QED) is 0.548. The van der Waals surface area contributed by atoms with Crippen molar-refractivity contribution < 1.29 is 0 Å². The van der Waals surface area contributed by atoms with Gasteiger partial charge in [-0.05, 0) is 25.2 Å². The fraction of sp³-hybridized carbons (Fsp3) is 1.00. The minimum Gasteiger partial charge on any atom is -0.328 e. The standard InChI is InChI=1S/C7H15N/c1-2-6-3-4-7(8)5-6/h6-7H,2-5,8H2,1H3/t6-,7-/m1/s1. The Bertz CT molecular complexity index is 70.8. The second kappa shape index (κ2) is 2.49. The van der Waals surface area contributed by atoms with Crippen LogP contribution in [0.2, 0.25) is 0 Å². The lowest BCUT2D eigenvalue weighted by atomic mass is 10.1. The Labute approximate surface area is 51.3 Å². The molecule has 0 heterocycles. The van der Waals surface area contributed by atoms with Crippen LogP contribution in [0.3, 0.4) is 0 Å². The van der Waals surface area contributed by atoms with E-state index in [-0.39, 0.29) is 0 Å². The lowest BCUT2D eigenvalue weighted by molar-refractivity contribution is 0.520. The summed E-state index contributed by atoms with van der Waals surface area (Å²) in [4.78, 5) is 0. The Kier molecular flexibility index (Phi) is 1.90. The minimum absolute atomic E-state index is 0.528. The zero-order valence-electron chi connectivity index (χ0n) is 5.56. The van der Waals surface area contributed by atoms with Crippen LogP contribution < -0.4 is 5.73 Å². The summed E-state index contributed by atoms with van der Waals surface area (Å²) in [5.74, 6) is 0.949. The molecule has 1 fully saturated rings. The average molecular weight is 113 g/mol. The maximum Gasteiger partial charge on any atom is 0.00415 e. The molecule has 1 nitrogen and oxygen atoms in total. The van der Waals surface area contributed by atoms with Gasteiger partial charge in [-0.1, -0.05) is 13.3 Å². The van der Waals surface area contributed by atoms with Crippen LogP contribution in [0.15, 0.2) is 0 Å². The summed E-state index contributed by atoms with van der Waals surface area (Å²) < 4.78 is 0. The van der Waals surface area contributed by atoms with Crippen molar-refractivity contribution in [1.29, 1.82) is 0 Å². The largest absolute Gasteiger partial charge is 0.328 e. The molecule has 0 bridgehead atoms. The third-order valence-corrected chi connectivity index (χ3v) is 2.16. The van der Waals surface area contributed by atoms with Crippen LogP contribution in [0.4, 0.5) is 0 Å². The fourth-order valence-corrected chi connectivity index (χ4v) is 1.48. The van der Waals surface area contributed by atoms with Crippen molar-refractivity contribution in [2.75, 3.05) is 0 Å². The van der Waals surface area contributed by atoms with Crippen molar-refractivity contribution in [3.8, 4) is 0 Å². The van der Waals surface area contributed by atoms with E-state index in [2.05, 4.69) is 6.92 Å². The Hall–Kier alpha value is -0.0400. The topological polar surface area (TPSA) is 26.0 Å². The van der Waals surface area contributed by atoms with Crippen molar-refractivity contribution in [1.82, 2.24) is 0 Å². The lowest BCUT2D eigenvalue weighted by Crippen LogP contribution is -2.14. The van der Waals surface area contributed by atoms with Crippen LogP contribution in [0, 0.1) is 5.92 Å². The molecule has 1 heteroatoms. The molecule has 0 unspecified atom stereocenters. The second-order valence-electron chi connectivity index (χ2n) is 2.85. The molecule has 0 aliphatic heterocycles. The van der Waals surface area contributed by atoms with Crippen molar-refractivity contribution in [3.63, 3.8) is 0 Å². The molecule has 8 heavy (non-hydrogen) atoms. The van der Waals surface area contributed by atoms with Gasteiger partial charge in [0.15, 0.2) is 0 Å². The SMILES string of the molecule is CC[C@@H]1CC[C@@H](N)C1. The van der Waals surface area contributed by atoms with Crippen molar-refractivity contribution in [3.05, 3.63) is 0 Å². The maximum absolute atomic E-state index is 5.70. The van der Waals surface area contributed by atoms with Gasteiger partial charge < -0.3 is 5.73 Å². The Balaban J connectivity index is 2.22. The van der Waals surface area contributed by atoms with Crippen LogP contribution in [0.5, 0.6) is 0 Å². The molecule has 0 aromatic heterocycles. The Morgan fingerprint density at radius 3 is 2.50 bits per heavy atom. The van der Waals surface area contributed by atoms with Crippen molar-refractivity contribution in [2.45, 2.75) is 38.6 Å². The van der Waals surface area contributed by atoms with Crippen molar-refractivity contribution in [2.24, 2.45) is 11.7 Å². The first-order chi connectivity index (χ1) is 3.83. The molecular weight excluding hydrogens is 98.1 g/mol. The molecule has 0 aromatic rings. The molecule has 0 aromatic carbocycles. The highest BCUT2D eigenvalue weighted by Gasteiger charge is 2.19. The van der Waals surface area contributed by atoms with E-state index in [0.29, 0.717) is 6.04 Å². The Morgan fingerprint density at radius 2 is 2.25 bits per heavy atom. The van der Waals surface area contributed by atoms with E-state index >= 15 is 0 Å². The van der Waals surface area contributed by atoms with Gasteiger partial charge in [-0.15, -0.1) is 0 Å². The monoisotopic (exact) mass is 113 g/mol. The first-order valence-electron chi connectivity index (χ1n) is 3.58. The Morgan fingerprint density at radius 1 is 1.50 bits per heavy atom. The molecule has 1 aliphatic rings. The molecule has 0 spiro atoms. The van der Waals surface area contributed by atoms with E-state index in [1.165, 1.54) is 25.7 Å². The van der Waals surface area contributed by atoms with E-state index in [0.717, 1.165) is 5.92 Å². The average Bonchev–Trinajstić information content (AvgIpc) is 2.14. The normalized spacial score (nSPS) is 38.2. The third-order valence-electron chi connectivity index (χ3n) is 2.16. The van der Waals surface area contributed by atoms with Gasteiger partial charge in [0, 0.05) is 6.04 Å². The molecule has 1 rings (SSSR count). The van der Waals surface area contributed by atoms with Gasteiger partial charge in [0.25, 0.3) is 0 Å². The highest BCUT2D eigenvalue weighted by molar-refractivity contribution is 4.76. The van der Waals surface area contributed by atoms with Gasteiger partial charge in [0.05, 0.1) is 0 Å². The highest BCUT2D eigenvalue weighted by Crippen LogP contribution is 2.25. The summed E-state index contributed by atoms with van der Waals surface area (Å²) in [5.41, 5.74) is 5.70. The first kappa shape index (κ1) is 6.09. The molecule has 0 amide bonds. The van der Waals surface area contributed by atoms with Gasteiger partial charge in [0.2, 0.25) is 0 Å². The number of hydrogen-bond acceptors (Lipinski definition) is 1. The van der Waals surface area contributed by atoms with E-state index in [9.17, 15) is 0 Å². The summed E-state index contributed by atoms with van der Waals surface area (Å²) in [5, 5.41) is 0. The zero-order valence-corrected chi connectivity index (χ0v) is 5.56. The summed E-state index contributed by atoms with van der Waals surface area (Å²) in [6.07, 6.45) is 5.24. The van der Waals surface area contributed by atoms with Gasteiger partial charge in [-0.2, -0.15) is 0 Å². The predicted molar refractivity (Wildman–Crippen MR) is 35.6 cm³/mol. The van der Waals surface area contributed by atoms with E-state index in [1.54, 1.807) is 0 Å². The molecular formula is C7H15N. The molecule has 2 atom stereocenters. The maximum atomic E-state index is 5.70. The van der Waals surface area contributed by atoms with Crippen LogP contribution in [-0.2, 0) is 0 Å². The second-order valence-corrected chi connectivity index (χ2v) is 2.85. The van der Waals surface area contributed by atoms with Crippen molar-refractivity contribution >= 4 is 0 Å². The summed E-state index contributed by atoms with van der Waals surface area (Å²) >= 11 is 0. The lowest BCUT2D eigenvalue weighted by Gasteiger charge is -2.02. The van der Waals surface area contributed by atoms with Gasteiger partial charge in [-0.3, -0.25) is 0 Å². The molecule has 0 saturated heterocycles. The smallest absolute Gasteiger partial charge is 0.00415 e. The first-order valence-corrected chi connectivity index (χ1v) is 3.58. The van der Waals surface area contributed by atoms with Crippen LogP contribution >= 0.6 is 0 Å². The molecule has 1 aliphatic carbocycles. The summed E-state index contributed by atoms with van der Waals surface area (Å²) in [6.45, 7) is 2.25. The number of rotatable bonds is 1. The number of nitrogens with two attached hydrogens (primary N) is 1. The zero-order chi connectivity index (χ0) is 5.98. The van der Waals surface area contributed by atoms with Gasteiger partial charge >= 0.3 is 0 Å². The molecule has 1 saturated carbocycles. The summed E-state index contributed by atoms with van der Waals surface area (Å²) in [7, 11) is 0. The summed E-state index contributed by atoms with van der Waals surface area (Å²) in [6, 6.07) is 0.528. The fourth-order valence-electron chi connectivity index (χ4n) is 1.48.